The van der Waals surface area contributed by atoms with Gasteiger partial charge in [0.25, 0.3) is 5.91 Å². The zero-order valence-corrected chi connectivity index (χ0v) is 17.6. The molecule has 4 aromatic rings. The lowest BCUT2D eigenvalue weighted by molar-refractivity contribution is 0.0963. The molecule has 2 aromatic heterocycles. The zero-order chi connectivity index (χ0) is 20.5. The second kappa shape index (κ2) is 7.90. The Morgan fingerprint density at radius 1 is 1.03 bits per heavy atom. The van der Waals surface area contributed by atoms with Crippen LogP contribution in [0.5, 0.6) is 0 Å². The Morgan fingerprint density at radius 2 is 1.79 bits per heavy atom. The molecule has 0 aliphatic rings. The molecule has 4 rings (SSSR count). The second-order valence-corrected chi connectivity index (χ2v) is 7.50. The number of carbonyl (C=O) groups is 1. The number of halogens is 2. The van der Waals surface area contributed by atoms with E-state index in [1.165, 1.54) is 0 Å². The predicted octanol–water partition coefficient (Wildman–Crippen LogP) is 5.90. The standard InChI is InChI=1S/C23H19Cl2N3O/c1-3-20-22(27-21-12-14(23(29)26-2)10-11-28(20)21)18-7-5-4-6-16(18)17-9-8-15(24)13-19(17)25/h4-13H,3H2,1-2H3,(H,26,29). The average molecular weight is 424 g/mol. The molecule has 0 unspecified atom stereocenters. The van der Waals surface area contributed by atoms with Crippen LogP contribution < -0.4 is 5.32 Å². The molecule has 0 aliphatic heterocycles. The Kier molecular flexibility index (Phi) is 5.31. The third-order valence-corrected chi connectivity index (χ3v) is 5.50. The second-order valence-electron chi connectivity index (χ2n) is 6.65. The summed E-state index contributed by atoms with van der Waals surface area (Å²) in [5.74, 6) is -0.136. The number of nitrogens with zero attached hydrogens (tertiary/aromatic N) is 2. The third-order valence-electron chi connectivity index (χ3n) is 4.95. The van der Waals surface area contributed by atoms with Crippen LogP contribution in [0.4, 0.5) is 0 Å². The minimum atomic E-state index is -0.136. The van der Waals surface area contributed by atoms with Gasteiger partial charge in [0.1, 0.15) is 5.65 Å². The monoisotopic (exact) mass is 423 g/mol. The van der Waals surface area contributed by atoms with Gasteiger partial charge in [-0.2, -0.15) is 0 Å². The molecule has 0 fully saturated rings. The van der Waals surface area contributed by atoms with Crippen molar-refractivity contribution in [3.05, 3.63) is 82.1 Å². The number of nitrogens with one attached hydrogen (secondary N) is 1. The number of benzene rings is 2. The normalized spacial score (nSPS) is 11.0. The van der Waals surface area contributed by atoms with Crippen LogP contribution in [-0.4, -0.2) is 22.3 Å². The summed E-state index contributed by atoms with van der Waals surface area (Å²) >= 11 is 12.6. The molecule has 1 amide bonds. The van der Waals surface area contributed by atoms with Crippen LogP contribution in [0.1, 0.15) is 23.0 Å². The van der Waals surface area contributed by atoms with E-state index in [-0.39, 0.29) is 5.91 Å². The first-order valence-electron chi connectivity index (χ1n) is 9.31. The number of aromatic nitrogens is 2. The number of fused-ring (bicyclic) bond motifs is 1. The van der Waals surface area contributed by atoms with Crippen LogP contribution in [0, 0.1) is 0 Å². The lowest BCUT2D eigenvalue weighted by atomic mass is 9.96. The number of imidazole rings is 1. The van der Waals surface area contributed by atoms with E-state index >= 15 is 0 Å². The van der Waals surface area contributed by atoms with Gasteiger partial charge in [-0.1, -0.05) is 60.5 Å². The van der Waals surface area contributed by atoms with E-state index in [1.807, 2.05) is 47.0 Å². The summed E-state index contributed by atoms with van der Waals surface area (Å²) in [6.45, 7) is 2.09. The smallest absolute Gasteiger partial charge is 0.251 e. The Balaban J connectivity index is 1.94. The highest BCUT2D eigenvalue weighted by Gasteiger charge is 2.18. The lowest BCUT2D eigenvalue weighted by Crippen LogP contribution is -2.17. The molecule has 146 valence electrons. The maximum atomic E-state index is 12.0. The predicted molar refractivity (Wildman–Crippen MR) is 119 cm³/mol. The molecule has 29 heavy (non-hydrogen) atoms. The summed E-state index contributed by atoms with van der Waals surface area (Å²) in [6.07, 6.45) is 2.69. The molecule has 2 aromatic carbocycles. The number of pyridine rings is 1. The van der Waals surface area contributed by atoms with Gasteiger partial charge in [0, 0.05) is 40.0 Å². The van der Waals surface area contributed by atoms with Crippen molar-refractivity contribution in [2.45, 2.75) is 13.3 Å². The van der Waals surface area contributed by atoms with Crippen molar-refractivity contribution in [3.8, 4) is 22.4 Å². The zero-order valence-electron chi connectivity index (χ0n) is 16.0. The fourth-order valence-electron chi connectivity index (χ4n) is 3.57. The maximum Gasteiger partial charge on any atom is 0.251 e. The molecule has 0 saturated heterocycles. The topological polar surface area (TPSA) is 46.4 Å². The van der Waals surface area contributed by atoms with Crippen LogP contribution >= 0.6 is 23.2 Å². The van der Waals surface area contributed by atoms with E-state index in [0.29, 0.717) is 15.6 Å². The molecule has 0 spiro atoms. The summed E-state index contributed by atoms with van der Waals surface area (Å²) in [4.78, 5) is 16.9. The third kappa shape index (κ3) is 3.50. The molecule has 0 aliphatic carbocycles. The quantitative estimate of drug-likeness (QED) is 0.444. The van der Waals surface area contributed by atoms with Crippen LogP contribution in [0.15, 0.2) is 60.8 Å². The Bertz CT molecular complexity index is 1230. The summed E-state index contributed by atoms with van der Waals surface area (Å²) in [5.41, 5.74) is 6.13. The first kappa shape index (κ1) is 19.5. The Hall–Kier alpha value is -2.82. The average Bonchev–Trinajstić information content (AvgIpc) is 3.10. The summed E-state index contributed by atoms with van der Waals surface area (Å²) < 4.78 is 2.03. The van der Waals surface area contributed by atoms with E-state index in [1.54, 1.807) is 25.2 Å². The van der Waals surface area contributed by atoms with Crippen molar-refractivity contribution in [1.82, 2.24) is 14.7 Å². The molecule has 0 atom stereocenters. The fourth-order valence-corrected chi connectivity index (χ4v) is 4.08. The van der Waals surface area contributed by atoms with Gasteiger partial charge >= 0.3 is 0 Å². The number of hydrogen-bond donors (Lipinski definition) is 1. The van der Waals surface area contributed by atoms with Gasteiger partial charge in [0.05, 0.1) is 11.4 Å². The molecule has 1 N–H and O–H groups in total. The summed E-state index contributed by atoms with van der Waals surface area (Å²) in [5, 5.41) is 3.84. The van der Waals surface area contributed by atoms with E-state index in [4.69, 9.17) is 28.2 Å². The molecular formula is C23H19Cl2N3O. The van der Waals surface area contributed by atoms with Crippen molar-refractivity contribution >= 4 is 34.8 Å². The van der Waals surface area contributed by atoms with E-state index in [0.717, 1.165) is 40.1 Å². The lowest BCUT2D eigenvalue weighted by Gasteiger charge is -2.11. The Morgan fingerprint density at radius 3 is 2.48 bits per heavy atom. The molecule has 0 radical (unpaired) electrons. The maximum absolute atomic E-state index is 12.0. The minimum absolute atomic E-state index is 0.136. The van der Waals surface area contributed by atoms with E-state index in [2.05, 4.69) is 12.2 Å². The van der Waals surface area contributed by atoms with E-state index < -0.39 is 0 Å². The van der Waals surface area contributed by atoms with Crippen molar-refractivity contribution in [1.29, 1.82) is 0 Å². The highest BCUT2D eigenvalue weighted by Crippen LogP contribution is 2.38. The molecule has 0 bridgehead atoms. The van der Waals surface area contributed by atoms with Gasteiger partial charge in [0.2, 0.25) is 0 Å². The first-order valence-corrected chi connectivity index (χ1v) is 10.1. The van der Waals surface area contributed by atoms with Crippen molar-refractivity contribution in [3.63, 3.8) is 0 Å². The number of aryl methyl sites for hydroxylation is 1. The van der Waals surface area contributed by atoms with Gasteiger partial charge in [0.15, 0.2) is 0 Å². The number of hydrogen-bond acceptors (Lipinski definition) is 2. The van der Waals surface area contributed by atoms with Crippen molar-refractivity contribution in [2.24, 2.45) is 0 Å². The summed E-state index contributed by atoms with van der Waals surface area (Å²) in [6, 6.07) is 17.2. The van der Waals surface area contributed by atoms with E-state index in [9.17, 15) is 4.79 Å². The van der Waals surface area contributed by atoms with Crippen LogP contribution in [0.2, 0.25) is 10.0 Å². The van der Waals surface area contributed by atoms with Crippen LogP contribution in [0.3, 0.4) is 0 Å². The van der Waals surface area contributed by atoms with Crippen LogP contribution in [0.25, 0.3) is 28.0 Å². The van der Waals surface area contributed by atoms with Gasteiger partial charge in [-0.05, 0) is 36.2 Å². The van der Waals surface area contributed by atoms with Crippen molar-refractivity contribution in [2.75, 3.05) is 7.05 Å². The van der Waals surface area contributed by atoms with Gasteiger partial charge in [-0.3, -0.25) is 4.79 Å². The Labute approximate surface area is 179 Å². The molecule has 0 saturated carbocycles. The number of rotatable bonds is 4. The van der Waals surface area contributed by atoms with Gasteiger partial charge < -0.3 is 9.72 Å². The molecule has 2 heterocycles. The van der Waals surface area contributed by atoms with Gasteiger partial charge in [-0.15, -0.1) is 0 Å². The first-order chi connectivity index (χ1) is 14.0. The largest absolute Gasteiger partial charge is 0.355 e. The highest BCUT2D eigenvalue weighted by molar-refractivity contribution is 6.36. The number of carbonyl (C=O) groups excluding carboxylic acids is 1. The minimum Gasteiger partial charge on any atom is -0.355 e. The van der Waals surface area contributed by atoms with Crippen molar-refractivity contribution < 1.29 is 4.79 Å². The molecule has 4 nitrogen and oxygen atoms in total. The summed E-state index contributed by atoms with van der Waals surface area (Å²) in [7, 11) is 1.62. The fraction of sp³-hybridized carbons (Fsp3) is 0.130. The van der Waals surface area contributed by atoms with Gasteiger partial charge in [-0.25, -0.2) is 4.98 Å². The molecular weight excluding hydrogens is 405 g/mol. The highest BCUT2D eigenvalue weighted by atomic mass is 35.5. The molecule has 6 heteroatoms. The number of amides is 1. The van der Waals surface area contributed by atoms with Crippen LogP contribution in [-0.2, 0) is 6.42 Å². The SMILES string of the molecule is CCc1c(-c2ccccc2-c2ccc(Cl)cc2Cl)nc2cc(C(=O)NC)ccn12.